The lowest BCUT2D eigenvalue weighted by Crippen LogP contribution is -2.28. The van der Waals surface area contributed by atoms with E-state index in [2.05, 4.69) is 0 Å². The van der Waals surface area contributed by atoms with Crippen LogP contribution in [0.5, 0.6) is 0 Å². The smallest absolute Gasteiger partial charge is 0.365 e. The summed E-state index contributed by atoms with van der Waals surface area (Å²) < 4.78 is 13.3. The van der Waals surface area contributed by atoms with E-state index in [0.29, 0.717) is 12.8 Å². The highest BCUT2D eigenvalue weighted by Gasteiger charge is 2.69. The molecule has 11 heavy (non-hydrogen) atoms. The van der Waals surface area contributed by atoms with E-state index in [0.717, 1.165) is 13.1 Å². The molecular weight excluding hydrogens is 163 g/mol. The predicted octanol–water partition coefficient (Wildman–Crippen LogP) is 0.0623. The van der Waals surface area contributed by atoms with Crippen molar-refractivity contribution >= 4 is 13.9 Å². The number of hydrogen-bond acceptors (Lipinski definition) is 2. The molecule has 1 aliphatic carbocycles. The van der Waals surface area contributed by atoms with Gasteiger partial charge in [0.05, 0.1) is 13.1 Å². The Bertz CT molecular complexity index is 233. The average molecular weight is 173 g/mol. The van der Waals surface area contributed by atoms with Crippen molar-refractivity contribution in [3.63, 3.8) is 0 Å². The standard InChI is InChI=1S/C6H9N2O2P/c7-5(9)6(1-2-6)11(10)8-3-4-8/h1-4H2,(H-,7,9)/p+1. The number of hydrogen-bond donors (Lipinski definition) is 1. The number of rotatable bonds is 3. The number of nitrogens with two attached hydrogens (primary N) is 1. The van der Waals surface area contributed by atoms with Crippen LogP contribution in [-0.2, 0) is 9.36 Å². The molecule has 0 spiro atoms. The minimum atomic E-state index is -1.49. The van der Waals surface area contributed by atoms with Gasteiger partial charge in [-0.2, -0.15) is 0 Å². The molecule has 1 saturated heterocycles. The first-order chi connectivity index (χ1) is 5.17. The van der Waals surface area contributed by atoms with Crippen LogP contribution < -0.4 is 5.73 Å². The van der Waals surface area contributed by atoms with E-state index < -0.39 is 13.1 Å². The van der Waals surface area contributed by atoms with Gasteiger partial charge >= 0.3 is 7.95 Å². The van der Waals surface area contributed by atoms with Gasteiger partial charge in [0, 0.05) is 12.8 Å². The normalized spacial score (nSPS) is 27.8. The highest BCUT2D eigenvalue weighted by atomic mass is 31.1. The van der Waals surface area contributed by atoms with Crippen molar-refractivity contribution in [2.45, 2.75) is 18.0 Å². The monoisotopic (exact) mass is 173 g/mol. The summed E-state index contributed by atoms with van der Waals surface area (Å²) in [4.78, 5) is 10.9. The maximum absolute atomic E-state index is 11.5. The molecule has 1 atom stereocenters. The van der Waals surface area contributed by atoms with Crippen LogP contribution in [0.3, 0.4) is 0 Å². The highest BCUT2D eigenvalue weighted by molar-refractivity contribution is 7.46. The van der Waals surface area contributed by atoms with Gasteiger partial charge in [-0.25, -0.2) is 0 Å². The van der Waals surface area contributed by atoms with Crippen molar-refractivity contribution < 1.29 is 9.36 Å². The lowest BCUT2D eigenvalue weighted by molar-refractivity contribution is -0.118. The van der Waals surface area contributed by atoms with E-state index in [1.165, 1.54) is 0 Å². The molecule has 4 nitrogen and oxygen atoms in total. The zero-order chi connectivity index (χ0) is 8.06. The molecule has 2 fully saturated rings. The maximum atomic E-state index is 11.5. The van der Waals surface area contributed by atoms with Gasteiger partial charge in [0.15, 0.2) is 0 Å². The van der Waals surface area contributed by atoms with Crippen molar-refractivity contribution in [2.24, 2.45) is 5.73 Å². The fourth-order valence-corrected chi connectivity index (χ4v) is 2.82. The van der Waals surface area contributed by atoms with E-state index in [9.17, 15) is 9.36 Å². The summed E-state index contributed by atoms with van der Waals surface area (Å²) in [5.41, 5.74) is 5.15. The number of primary amides is 1. The third kappa shape index (κ3) is 0.976. The molecule has 1 unspecified atom stereocenters. The molecule has 0 bridgehead atoms. The summed E-state index contributed by atoms with van der Waals surface area (Å²) in [6.07, 6.45) is 1.43. The van der Waals surface area contributed by atoms with Gasteiger partial charge in [-0.05, 0) is 4.57 Å². The molecule has 2 aliphatic rings. The first kappa shape index (κ1) is 7.19. The van der Waals surface area contributed by atoms with Crippen LogP contribution in [0.15, 0.2) is 0 Å². The van der Waals surface area contributed by atoms with Gasteiger partial charge in [-0.15, -0.1) is 0 Å². The Labute approximate surface area is 65.6 Å². The number of amides is 1. The molecule has 60 valence electrons. The molecule has 0 aromatic rings. The predicted molar refractivity (Wildman–Crippen MR) is 40.3 cm³/mol. The molecule has 0 aromatic carbocycles. The van der Waals surface area contributed by atoms with Crippen molar-refractivity contribution in [3.8, 4) is 0 Å². The molecule has 2 N–H and O–H groups in total. The van der Waals surface area contributed by atoms with Gasteiger partial charge in [-0.1, -0.05) is 4.67 Å². The lowest BCUT2D eigenvalue weighted by atomic mass is 10.4. The van der Waals surface area contributed by atoms with E-state index in [-0.39, 0.29) is 5.91 Å². The van der Waals surface area contributed by atoms with Crippen molar-refractivity contribution in [3.05, 3.63) is 0 Å². The first-order valence-electron chi connectivity index (χ1n) is 3.69. The molecule has 1 amide bonds. The number of nitrogens with zero attached hydrogens (tertiary/aromatic N) is 1. The Hall–Kier alpha value is -0.470. The van der Waals surface area contributed by atoms with Gasteiger partial charge in [0.1, 0.15) is 0 Å². The van der Waals surface area contributed by atoms with Crippen LogP contribution in [0.1, 0.15) is 12.8 Å². The van der Waals surface area contributed by atoms with Crippen LogP contribution in [0.2, 0.25) is 0 Å². The van der Waals surface area contributed by atoms with Crippen LogP contribution in [-0.4, -0.2) is 28.8 Å². The van der Waals surface area contributed by atoms with Crippen molar-refractivity contribution in [1.29, 1.82) is 0 Å². The molecule has 5 heteroatoms. The third-order valence-corrected chi connectivity index (χ3v) is 4.54. The highest BCUT2D eigenvalue weighted by Crippen LogP contribution is 2.60. The van der Waals surface area contributed by atoms with Gasteiger partial charge in [-0.3, -0.25) is 4.79 Å². The number of carbonyl (C=O) groups excluding carboxylic acids is 1. The Morgan fingerprint density at radius 1 is 1.45 bits per heavy atom. The summed E-state index contributed by atoms with van der Waals surface area (Å²) in [6, 6.07) is 0. The van der Waals surface area contributed by atoms with E-state index >= 15 is 0 Å². The van der Waals surface area contributed by atoms with Crippen LogP contribution in [0.25, 0.3) is 0 Å². The molecular formula is C6H10N2O2P+. The van der Waals surface area contributed by atoms with Gasteiger partial charge in [0.25, 0.3) is 11.1 Å². The zero-order valence-electron chi connectivity index (χ0n) is 6.12. The molecule has 2 rings (SSSR count). The second kappa shape index (κ2) is 2.02. The minimum absolute atomic E-state index is 0.384. The van der Waals surface area contributed by atoms with Gasteiger partial charge in [0.2, 0.25) is 0 Å². The van der Waals surface area contributed by atoms with Crippen molar-refractivity contribution in [1.82, 2.24) is 4.67 Å². The van der Waals surface area contributed by atoms with E-state index in [4.69, 9.17) is 5.73 Å². The fourth-order valence-electron chi connectivity index (χ4n) is 1.15. The fraction of sp³-hybridized carbons (Fsp3) is 0.833. The Morgan fingerprint density at radius 3 is 2.27 bits per heavy atom. The molecule has 0 aromatic heterocycles. The first-order valence-corrected chi connectivity index (χ1v) is 4.90. The van der Waals surface area contributed by atoms with Crippen molar-refractivity contribution in [2.75, 3.05) is 13.1 Å². The molecule has 1 aliphatic heterocycles. The zero-order valence-corrected chi connectivity index (χ0v) is 7.01. The largest absolute Gasteiger partial charge is 0.451 e. The topological polar surface area (TPSA) is 63.2 Å². The summed E-state index contributed by atoms with van der Waals surface area (Å²) in [5.74, 6) is -0.384. The second-order valence-electron chi connectivity index (χ2n) is 3.12. The van der Waals surface area contributed by atoms with Gasteiger partial charge < -0.3 is 5.73 Å². The Balaban J connectivity index is 2.13. The van der Waals surface area contributed by atoms with E-state index in [1.807, 2.05) is 4.67 Å². The minimum Gasteiger partial charge on any atom is -0.365 e. The number of carbonyl (C=O) groups is 1. The molecule has 0 radical (unpaired) electrons. The summed E-state index contributed by atoms with van der Waals surface area (Å²) in [6.45, 7) is 1.73. The van der Waals surface area contributed by atoms with Crippen LogP contribution in [0.4, 0.5) is 0 Å². The van der Waals surface area contributed by atoms with E-state index in [1.54, 1.807) is 0 Å². The Kier molecular flexibility index (Phi) is 1.32. The summed E-state index contributed by atoms with van der Waals surface area (Å²) in [5, 5.41) is -0.633. The average Bonchev–Trinajstić information content (AvgIpc) is 2.84. The molecule has 1 saturated carbocycles. The molecule has 1 heterocycles. The quantitative estimate of drug-likeness (QED) is 0.485. The van der Waals surface area contributed by atoms with Crippen LogP contribution in [0, 0.1) is 0 Å². The second-order valence-corrected chi connectivity index (χ2v) is 5.09. The lowest BCUT2D eigenvalue weighted by Gasteiger charge is -1.95. The maximum Gasteiger partial charge on any atom is 0.451 e. The summed E-state index contributed by atoms with van der Waals surface area (Å²) in [7, 11) is -1.49. The van der Waals surface area contributed by atoms with Crippen LogP contribution >= 0.6 is 7.95 Å². The third-order valence-electron chi connectivity index (χ3n) is 2.23. The Morgan fingerprint density at radius 2 is 2.00 bits per heavy atom. The summed E-state index contributed by atoms with van der Waals surface area (Å²) >= 11 is 0. The SMILES string of the molecule is NC(=O)C1([P+](=O)N2CC2)CC1.